The van der Waals surface area contributed by atoms with Gasteiger partial charge in [0, 0.05) is 56.4 Å². The number of fused-ring (bicyclic) bond motifs is 1. The molecule has 1 aromatic heterocycles. The van der Waals surface area contributed by atoms with Crippen LogP contribution in [-0.4, -0.2) is 62.0 Å². The van der Waals surface area contributed by atoms with Crippen LogP contribution in [0.25, 0.3) is 10.1 Å². The van der Waals surface area contributed by atoms with Crippen LogP contribution in [0.3, 0.4) is 0 Å². The number of esters is 4. The highest BCUT2D eigenvalue weighted by atomic mass is 32.1. The minimum Gasteiger partial charge on any atom is -0.463 e. The number of carbonyl (C=O) groups is 4. The van der Waals surface area contributed by atoms with Crippen molar-refractivity contribution in [3.8, 4) is 0 Å². The Morgan fingerprint density at radius 3 is 2.17 bits per heavy atom. The zero-order valence-corrected chi connectivity index (χ0v) is 24.5. The van der Waals surface area contributed by atoms with Gasteiger partial charge in [0.15, 0.2) is 12.2 Å². The van der Waals surface area contributed by atoms with E-state index in [1.807, 2.05) is 30.3 Å². The van der Waals surface area contributed by atoms with E-state index in [-0.39, 0.29) is 12.0 Å². The lowest BCUT2D eigenvalue weighted by atomic mass is 9.86. The second kappa shape index (κ2) is 13.0. The quantitative estimate of drug-likeness (QED) is 0.260. The highest BCUT2D eigenvalue weighted by Crippen LogP contribution is 2.44. The molecule has 42 heavy (non-hydrogen) atoms. The Morgan fingerprint density at radius 2 is 1.55 bits per heavy atom. The molecule has 0 amide bonds. The van der Waals surface area contributed by atoms with Gasteiger partial charge in [-0.3, -0.25) is 19.2 Å². The molecule has 12 heteroatoms. The van der Waals surface area contributed by atoms with Crippen LogP contribution in [0.1, 0.15) is 43.7 Å². The first-order chi connectivity index (χ1) is 19.9. The summed E-state index contributed by atoms with van der Waals surface area (Å²) in [4.78, 5) is 49.3. The average Bonchev–Trinajstić information content (AvgIpc) is 3.33. The molecule has 0 radical (unpaired) electrons. The van der Waals surface area contributed by atoms with E-state index in [2.05, 4.69) is 0 Å². The number of hydrogen-bond acceptors (Lipinski definition) is 11. The van der Waals surface area contributed by atoms with Gasteiger partial charge >= 0.3 is 23.9 Å². The summed E-state index contributed by atoms with van der Waals surface area (Å²) < 4.78 is 50.3. The lowest BCUT2D eigenvalue weighted by Crippen LogP contribution is -2.67. The third kappa shape index (κ3) is 6.77. The Morgan fingerprint density at radius 1 is 0.881 bits per heavy atom. The second-order valence-electron chi connectivity index (χ2n) is 9.74. The normalized spacial score (nSPS) is 23.7. The zero-order chi connectivity index (χ0) is 30.6. The summed E-state index contributed by atoms with van der Waals surface area (Å²) in [5.41, 5.74) is 0.517. The van der Waals surface area contributed by atoms with Crippen LogP contribution in [0.4, 0.5) is 4.39 Å². The summed E-state index contributed by atoms with van der Waals surface area (Å²) in [6.07, 6.45) is -5.36. The Balaban J connectivity index is 1.84. The summed E-state index contributed by atoms with van der Waals surface area (Å²) in [5.74, 6) is -5.47. The molecule has 3 aromatic rings. The topological polar surface area (TPSA) is 124 Å². The average molecular weight is 603 g/mol. The maximum absolute atomic E-state index is 15.2. The molecule has 1 aliphatic rings. The summed E-state index contributed by atoms with van der Waals surface area (Å²) >= 11 is 1.53. The molecule has 0 bridgehead atoms. The number of methoxy groups -OCH3 is 1. The largest absolute Gasteiger partial charge is 0.463 e. The van der Waals surface area contributed by atoms with Crippen molar-refractivity contribution in [2.45, 2.75) is 64.3 Å². The molecule has 0 saturated carbocycles. The monoisotopic (exact) mass is 602 g/mol. The summed E-state index contributed by atoms with van der Waals surface area (Å²) in [6.45, 7) is 4.14. The maximum Gasteiger partial charge on any atom is 0.303 e. The fourth-order valence-electron chi connectivity index (χ4n) is 5.02. The molecule has 2 aromatic carbocycles. The van der Waals surface area contributed by atoms with Gasteiger partial charge in [0.1, 0.15) is 18.5 Å². The lowest BCUT2D eigenvalue weighted by Gasteiger charge is -2.50. The van der Waals surface area contributed by atoms with Crippen LogP contribution in [0.5, 0.6) is 0 Å². The van der Waals surface area contributed by atoms with Crippen LogP contribution < -0.4 is 0 Å². The molecule has 224 valence electrons. The molecule has 1 aliphatic heterocycles. The van der Waals surface area contributed by atoms with E-state index in [0.29, 0.717) is 5.56 Å². The van der Waals surface area contributed by atoms with E-state index >= 15 is 4.39 Å². The highest BCUT2D eigenvalue weighted by Gasteiger charge is 2.61. The molecule has 10 nitrogen and oxygen atoms in total. The lowest BCUT2D eigenvalue weighted by molar-refractivity contribution is -0.367. The van der Waals surface area contributed by atoms with Gasteiger partial charge in [0.05, 0.1) is 0 Å². The first-order valence-corrected chi connectivity index (χ1v) is 13.9. The Hall–Kier alpha value is -3.87. The molecule has 1 saturated heterocycles. The maximum atomic E-state index is 15.2. The van der Waals surface area contributed by atoms with E-state index in [9.17, 15) is 19.2 Å². The van der Waals surface area contributed by atoms with Gasteiger partial charge in [-0.15, -0.1) is 11.3 Å². The zero-order valence-electron chi connectivity index (χ0n) is 23.7. The molecule has 0 spiro atoms. The molecule has 5 atom stereocenters. The van der Waals surface area contributed by atoms with Crippen molar-refractivity contribution in [1.82, 2.24) is 0 Å². The summed E-state index contributed by atoms with van der Waals surface area (Å²) in [5, 5.41) is 1.03. The molecule has 0 N–H and O–H groups in total. The smallest absolute Gasteiger partial charge is 0.303 e. The van der Waals surface area contributed by atoms with Crippen LogP contribution in [-0.2, 0) is 59.8 Å². The van der Waals surface area contributed by atoms with Crippen molar-refractivity contribution in [2.24, 2.45) is 0 Å². The molecular weight excluding hydrogens is 571 g/mol. The van der Waals surface area contributed by atoms with Gasteiger partial charge in [-0.05, 0) is 35.2 Å². The fourth-order valence-corrected chi connectivity index (χ4v) is 6.11. The molecule has 0 aliphatic carbocycles. The number of ether oxygens (including phenoxy) is 6. The van der Waals surface area contributed by atoms with Gasteiger partial charge < -0.3 is 28.4 Å². The van der Waals surface area contributed by atoms with Gasteiger partial charge in [-0.1, -0.05) is 24.3 Å². The minimum absolute atomic E-state index is 0.222. The fraction of sp³-hybridized carbons (Fsp3) is 0.400. The van der Waals surface area contributed by atoms with Crippen LogP contribution >= 0.6 is 11.3 Å². The van der Waals surface area contributed by atoms with Crippen molar-refractivity contribution in [1.29, 1.82) is 0 Å². The third-order valence-electron chi connectivity index (χ3n) is 6.63. The third-order valence-corrected chi connectivity index (χ3v) is 7.75. The van der Waals surface area contributed by atoms with E-state index in [0.717, 1.165) is 35.7 Å². The van der Waals surface area contributed by atoms with Crippen LogP contribution in [0.2, 0.25) is 0 Å². The van der Waals surface area contributed by atoms with Gasteiger partial charge in [-0.25, -0.2) is 4.39 Å². The van der Waals surface area contributed by atoms with Gasteiger partial charge in [0.25, 0.3) is 0 Å². The first kappa shape index (κ1) is 31.1. The van der Waals surface area contributed by atoms with Crippen molar-refractivity contribution >= 4 is 45.3 Å². The van der Waals surface area contributed by atoms with Crippen molar-refractivity contribution in [3.05, 3.63) is 70.4 Å². The van der Waals surface area contributed by atoms with E-state index in [4.69, 9.17) is 28.4 Å². The predicted octanol–water partition coefficient (Wildman–Crippen LogP) is 4.19. The summed E-state index contributed by atoms with van der Waals surface area (Å²) in [7, 11) is 1.27. The number of carbonyl (C=O) groups excluding carboxylic acids is 4. The number of hydrogen-bond donors (Lipinski definition) is 0. The standard InChI is InChI=1S/C30H31FO10S/c1-16(32)37-15-25-27(38-17(2)33)28(39-18(3)34)29(40-19(4)35)30(36-5,41-25)22-10-11-24(31)21(12-22)14-23-13-20-8-6-7-9-26(20)42-23/h6-13,25,27-29H,14-15H2,1-5H3/t25?,27?,28?,29?,30-/m0/s1. The Labute approximate surface area is 245 Å². The highest BCUT2D eigenvalue weighted by molar-refractivity contribution is 7.19. The molecule has 4 unspecified atom stereocenters. The first-order valence-electron chi connectivity index (χ1n) is 13.1. The van der Waals surface area contributed by atoms with Gasteiger partial charge in [-0.2, -0.15) is 0 Å². The number of halogens is 1. The number of rotatable bonds is 9. The van der Waals surface area contributed by atoms with Crippen LogP contribution in [0, 0.1) is 5.82 Å². The minimum atomic E-state index is -2.00. The predicted molar refractivity (Wildman–Crippen MR) is 148 cm³/mol. The molecule has 2 heterocycles. The van der Waals surface area contributed by atoms with Gasteiger partial charge in [0.2, 0.25) is 11.9 Å². The second-order valence-corrected chi connectivity index (χ2v) is 10.9. The molecule has 1 fully saturated rings. The van der Waals surface area contributed by atoms with Crippen molar-refractivity contribution in [3.63, 3.8) is 0 Å². The SMILES string of the molecule is CO[C@@]1(c2ccc(F)c(Cc3cc4ccccc4s3)c2)OC(COC(C)=O)C(OC(C)=O)C(OC(C)=O)C1OC(C)=O. The summed E-state index contributed by atoms with van der Waals surface area (Å²) in [6, 6.07) is 13.9. The van der Waals surface area contributed by atoms with E-state index < -0.39 is 66.5 Å². The van der Waals surface area contributed by atoms with Crippen molar-refractivity contribution < 1.29 is 52.0 Å². The van der Waals surface area contributed by atoms with Crippen LogP contribution in [0.15, 0.2) is 48.5 Å². The number of benzene rings is 2. The molecule has 4 rings (SSSR count). The van der Waals surface area contributed by atoms with E-state index in [1.54, 1.807) is 0 Å². The molecular formula is C30H31FO10S. The van der Waals surface area contributed by atoms with Crippen molar-refractivity contribution in [2.75, 3.05) is 13.7 Å². The number of thiophene rings is 1. The Kier molecular flexibility index (Phi) is 9.60. The van der Waals surface area contributed by atoms with E-state index in [1.165, 1.54) is 43.6 Å². The Bertz CT molecular complexity index is 1450.